The van der Waals surface area contributed by atoms with E-state index in [1.807, 2.05) is 0 Å². The zero-order valence-electron chi connectivity index (χ0n) is 11.3. The molecule has 21 heavy (non-hydrogen) atoms. The summed E-state index contributed by atoms with van der Waals surface area (Å²) in [4.78, 5) is 28.4. The van der Waals surface area contributed by atoms with Crippen LogP contribution < -0.4 is 0 Å². The van der Waals surface area contributed by atoms with E-state index in [0.29, 0.717) is 5.56 Å². The maximum absolute atomic E-state index is 12.3. The molecule has 1 aliphatic rings. The van der Waals surface area contributed by atoms with Gasteiger partial charge in [-0.25, -0.2) is 8.42 Å². The summed E-state index contributed by atoms with van der Waals surface area (Å²) in [6, 6.07) is 2.65. The lowest BCUT2D eigenvalue weighted by molar-refractivity contribution is -0.140. The quantitative estimate of drug-likeness (QED) is 0.820. The first-order valence-corrected chi connectivity index (χ1v) is 8.30. The van der Waals surface area contributed by atoms with Crippen molar-refractivity contribution in [3.63, 3.8) is 0 Å². The van der Waals surface area contributed by atoms with Crippen LogP contribution in [0.2, 0.25) is 0 Å². The highest BCUT2D eigenvalue weighted by Gasteiger charge is 2.35. The predicted octanol–water partition coefficient (Wildman–Crippen LogP) is -0.276. The third-order valence-electron chi connectivity index (χ3n) is 3.34. The number of hydrogen-bond acceptors (Lipinski definition) is 5. The molecule has 2 rings (SSSR count). The van der Waals surface area contributed by atoms with E-state index < -0.39 is 21.8 Å². The normalized spacial score (nSPS) is 21.0. The Morgan fingerprint density at radius 3 is 2.81 bits per heavy atom. The van der Waals surface area contributed by atoms with Gasteiger partial charge in [-0.2, -0.15) is 0 Å². The average Bonchev–Trinajstić information content (AvgIpc) is 2.38. The van der Waals surface area contributed by atoms with Crippen molar-refractivity contribution in [2.45, 2.75) is 18.9 Å². The fourth-order valence-corrected chi connectivity index (χ4v) is 3.89. The van der Waals surface area contributed by atoms with Gasteiger partial charge in [0.05, 0.1) is 30.4 Å². The van der Waals surface area contributed by atoms with E-state index in [0.717, 1.165) is 0 Å². The SMILES string of the molecule is O=C(O)CC1CS(=O)(=O)CCN1C(=O)Cc1cccnc1. The summed E-state index contributed by atoms with van der Waals surface area (Å²) in [5, 5.41) is 8.88. The summed E-state index contributed by atoms with van der Waals surface area (Å²) < 4.78 is 23.3. The van der Waals surface area contributed by atoms with Gasteiger partial charge in [0.1, 0.15) is 0 Å². The molecule has 1 saturated heterocycles. The number of carbonyl (C=O) groups is 2. The summed E-state index contributed by atoms with van der Waals surface area (Å²) >= 11 is 0. The molecule has 1 aliphatic heterocycles. The van der Waals surface area contributed by atoms with E-state index in [2.05, 4.69) is 4.98 Å². The molecular weight excluding hydrogens is 296 g/mol. The number of hydrogen-bond donors (Lipinski definition) is 1. The highest BCUT2D eigenvalue weighted by Crippen LogP contribution is 2.16. The average molecular weight is 312 g/mol. The molecule has 1 aromatic rings. The molecule has 1 aromatic heterocycles. The molecule has 0 aromatic carbocycles. The Morgan fingerprint density at radius 1 is 1.43 bits per heavy atom. The van der Waals surface area contributed by atoms with Crippen molar-refractivity contribution in [1.82, 2.24) is 9.88 Å². The van der Waals surface area contributed by atoms with Gasteiger partial charge in [-0.3, -0.25) is 14.6 Å². The number of aliphatic carboxylic acids is 1. The number of amides is 1. The number of rotatable bonds is 4. The Hall–Kier alpha value is -1.96. The van der Waals surface area contributed by atoms with Crippen LogP contribution in [0, 0.1) is 0 Å². The standard InChI is InChI=1S/C13H16N2O5S/c16-12(6-10-2-1-3-14-8-10)15-4-5-21(19,20)9-11(15)7-13(17)18/h1-3,8,11H,4-7,9H2,(H,17,18). The fraction of sp³-hybridized carbons (Fsp3) is 0.462. The second kappa shape index (κ2) is 6.21. The second-order valence-electron chi connectivity index (χ2n) is 4.99. The van der Waals surface area contributed by atoms with Crippen molar-refractivity contribution >= 4 is 21.7 Å². The summed E-state index contributed by atoms with van der Waals surface area (Å²) in [6.45, 7) is 0.0410. The molecule has 7 nitrogen and oxygen atoms in total. The van der Waals surface area contributed by atoms with Gasteiger partial charge in [-0.05, 0) is 11.6 Å². The van der Waals surface area contributed by atoms with Crippen LogP contribution >= 0.6 is 0 Å². The third-order valence-corrected chi connectivity index (χ3v) is 5.04. The molecular formula is C13H16N2O5S. The monoisotopic (exact) mass is 312 g/mol. The summed E-state index contributed by atoms with van der Waals surface area (Å²) in [7, 11) is -3.29. The van der Waals surface area contributed by atoms with E-state index in [1.165, 1.54) is 4.90 Å². The van der Waals surface area contributed by atoms with E-state index in [4.69, 9.17) is 5.11 Å². The topological polar surface area (TPSA) is 105 Å². The Balaban J connectivity index is 2.11. The molecule has 0 saturated carbocycles. The molecule has 1 atom stereocenters. The molecule has 1 unspecified atom stereocenters. The van der Waals surface area contributed by atoms with E-state index in [-0.39, 0.29) is 36.8 Å². The minimum Gasteiger partial charge on any atom is -0.481 e. The molecule has 1 N–H and O–H groups in total. The number of carboxylic acids is 1. The molecule has 8 heteroatoms. The second-order valence-corrected chi connectivity index (χ2v) is 7.22. The molecule has 1 fully saturated rings. The van der Waals surface area contributed by atoms with Crippen molar-refractivity contribution in [1.29, 1.82) is 0 Å². The number of pyridine rings is 1. The highest BCUT2D eigenvalue weighted by molar-refractivity contribution is 7.91. The molecule has 0 radical (unpaired) electrons. The van der Waals surface area contributed by atoms with Crippen LogP contribution in [-0.4, -0.2) is 59.4 Å². The Bertz CT molecular complexity index is 629. The van der Waals surface area contributed by atoms with E-state index in [1.54, 1.807) is 24.5 Å². The summed E-state index contributed by atoms with van der Waals surface area (Å²) in [6.07, 6.45) is 2.88. The highest BCUT2D eigenvalue weighted by atomic mass is 32.2. The maximum atomic E-state index is 12.3. The zero-order chi connectivity index (χ0) is 15.5. The predicted molar refractivity (Wildman–Crippen MR) is 74.3 cm³/mol. The lowest BCUT2D eigenvalue weighted by atomic mass is 10.1. The number of carboxylic acid groups (broad SMARTS) is 1. The summed E-state index contributed by atoms with van der Waals surface area (Å²) in [5.41, 5.74) is 0.713. The van der Waals surface area contributed by atoms with Crippen molar-refractivity contribution in [2.24, 2.45) is 0 Å². The van der Waals surface area contributed by atoms with Crippen molar-refractivity contribution in [2.75, 3.05) is 18.1 Å². The van der Waals surface area contributed by atoms with Gasteiger partial charge in [0.15, 0.2) is 9.84 Å². The Morgan fingerprint density at radius 2 is 2.19 bits per heavy atom. The lowest BCUT2D eigenvalue weighted by Gasteiger charge is -2.34. The third kappa shape index (κ3) is 4.25. The number of carbonyl (C=O) groups excluding carboxylic acids is 1. The largest absolute Gasteiger partial charge is 0.481 e. The molecule has 0 spiro atoms. The summed E-state index contributed by atoms with van der Waals surface area (Å²) in [5.74, 6) is -1.81. The Labute approximate surface area is 122 Å². The van der Waals surface area contributed by atoms with Crippen LogP contribution in [0.5, 0.6) is 0 Å². The first-order chi connectivity index (χ1) is 9.87. The Kier molecular flexibility index (Phi) is 4.56. The van der Waals surface area contributed by atoms with Crippen molar-refractivity contribution in [3.8, 4) is 0 Å². The van der Waals surface area contributed by atoms with E-state index in [9.17, 15) is 18.0 Å². The smallest absolute Gasteiger partial charge is 0.305 e. The fourth-order valence-electron chi connectivity index (χ4n) is 2.36. The molecule has 114 valence electrons. The van der Waals surface area contributed by atoms with E-state index >= 15 is 0 Å². The number of nitrogens with zero attached hydrogens (tertiary/aromatic N) is 2. The van der Waals surface area contributed by atoms with Crippen LogP contribution in [0.25, 0.3) is 0 Å². The first kappa shape index (κ1) is 15.4. The van der Waals surface area contributed by atoms with Gasteiger partial charge in [-0.15, -0.1) is 0 Å². The van der Waals surface area contributed by atoms with Gasteiger partial charge < -0.3 is 10.0 Å². The number of aromatic nitrogens is 1. The van der Waals surface area contributed by atoms with Gasteiger partial charge in [0.25, 0.3) is 0 Å². The minimum absolute atomic E-state index is 0.0410. The first-order valence-electron chi connectivity index (χ1n) is 6.48. The van der Waals surface area contributed by atoms with Gasteiger partial charge in [0.2, 0.25) is 5.91 Å². The van der Waals surface area contributed by atoms with Gasteiger partial charge in [-0.1, -0.05) is 6.07 Å². The lowest BCUT2D eigenvalue weighted by Crippen LogP contribution is -2.52. The van der Waals surface area contributed by atoms with Crippen LogP contribution in [0.3, 0.4) is 0 Å². The molecule has 0 bridgehead atoms. The zero-order valence-corrected chi connectivity index (χ0v) is 12.1. The number of sulfone groups is 1. The van der Waals surface area contributed by atoms with Crippen LogP contribution in [-0.2, 0) is 25.8 Å². The maximum Gasteiger partial charge on any atom is 0.305 e. The van der Waals surface area contributed by atoms with Crippen LogP contribution in [0.15, 0.2) is 24.5 Å². The van der Waals surface area contributed by atoms with Crippen molar-refractivity contribution in [3.05, 3.63) is 30.1 Å². The molecule has 1 amide bonds. The van der Waals surface area contributed by atoms with Crippen LogP contribution in [0.4, 0.5) is 0 Å². The van der Waals surface area contributed by atoms with Crippen molar-refractivity contribution < 1.29 is 23.1 Å². The molecule has 0 aliphatic carbocycles. The molecule has 2 heterocycles. The van der Waals surface area contributed by atoms with Gasteiger partial charge in [0, 0.05) is 18.9 Å². The van der Waals surface area contributed by atoms with Gasteiger partial charge >= 0.3 is 5.97 Å². The van der Waals surface area contributed by atoms with Crippen LogP contribution in [0.1, 0.15) is 12.0 Å². The minimum atomic E-state index is -3.29.